The lowest BCUT2D eigenvalue weighted by Crippen LogP contribution is -2.35. The quantitative estimate of drug-likeness (QED) is 0.893. The van der Waals surface area contributed by atoms with Gasteiger partial charge in [0.25, 0.3) is 0 Å². The molecule has 1 heterocycles. The molecule has 0 amide bonds. The lowest BCUT2D eigenvalue weighted by atomic mass is 9.71. The van der Waals surface area contributed by atoms with Crippen LogP contribution in [0.4, 0.5) is 0 Å². The molecular formula is C15H21N3. The third-order valence-corrected chi connectivity index (χ3v) is 4.33. The first kappa shape index (κ1) is 11.7. The van der Waals surface area contributed by atoms with Gasteiger partial charge in [-0.05, 0) is 50.8 Å². The van der Waals surface area contributed by atoms with Gasteiger partial charge in [-0.1, -0.05) is 18.2 Å². The van der Waals surface area contributed by atoms with E-state index in [2.05, 4.69) is 29.6 Å². The first-order chi connectivity index (χ1) is 8.79. The van der Waals surface area contributed by atoms with E-state index in [0.717, 1.165) is 24.8 Å². The zero-order chi connectivity index (χ0) is 12.5. The van der Waals surface area contributed by atoms with Gasteiger partial charge in [-0.25, -0.2) is 0 Å². The van der Waals surface area contributed by atoms with Crippen molar-refractivity contribution in [1.82, 2.24) is 15.1 Å². The van der Waals surface area contributed by atoms with Crippen LogP contribution >= 0.6 is 0 Å². The Kier molecular flexibility index (Phi) is 3.08. The predicted molar refractivity (Wildman–Crippen MR) is 74.6 cm³/mol. The summed E-state index contributed by atoms with van der Waals surface area (Å²) in [5, 5.41) is 9.33. The molecule has 1 aliphatic carbocycles. The average molecular weight is 243 g/mol. The molecule has 0 aliphatic heterocycles. The van der Waals surface area contributed by atoms with E-state index in [9.17, 15) is 0 Å². The van der Waals surface area contributed by atoms with Crippen LogP contribution in [0, 0.1) is 11.8 Å². The summed E-state index contributed by atoms with van der Waals surface area (Å²) in [6.07, 6.45) is 3.86. The summed E-state index contributed by atoms with van der Waals surface area (Å²) < 4.78 is 2.01. The third-order valence-electron chi connectivity index (χ3n) is 4.33. The Balaban J connectivity index is 1.83. The number of aromatic nitrogens is 2. The number of nitrogens with zero attached hydrogens (tertiary/aromatic N) is 2. The number of benzene rings is 1. The number of hydrogen-bond donors (Lipinski definition) is 1. The smallest absolute Gasteiger partial charge is 0.0706 e. The van der Waals surface area contributed by atoms with Gasteiger partial charge < -0.3 is 5.32 Å². The minimum Gasteiger partial charge on any atom is -0.319 e. The van der Waals surface area contributed by atoms with E-state index in [1.165, 1.54) is 29.4 Å². The SMILES string of the molecule is CNCC1CCC1Cc1nn(C)c2ccccc12. The highest BCUT2D eigenvalue weighted by Gasteiger charge is 2.31. The molecule has 3 heteroatoms. The lowest BCUT2D eigenvalue weighted by molar-refractivity contribution is 0.173. The van der Waals surface area contributed by atoms with Crippen LogP contribution in [-0.4, -0.2) is 23.4 Å². The Morgan fingerprint density at radius 3 is 2.78 bits per heavy atom. The van der Waals surface area contributed by atoms with Gasteiger partial charge in [0.2, 0.25) is 0 Å². The summed E-state index contributed by atoms with van der Waals surface area (Å²) in [6.45, 7) is 1.15. The summed E-state index contributed by atoms with van der Waals surface area (Å²) in [7, 11) is 4.09. The normalized spacial score (nSPS) is 23.2. The monoisotopic (exact) mass is 243 g/mol. The van der Waals surface area contributed by atoms with Crippen LogP contribution in [0.5, 0.6) is 0 Å². The third kappa shape index (κ3) is 1.93. The van der Waals surface area contributed by atoms with Crippen LogP contribution in [0.2, 0.25) is 0 Å². The zero-order valence-electron chi connectivity index (χ0n) is 11.2. The van der Waals surface area contributed by atoms with Crippen molar-refractivity contribution in [2.75, 3.05) is 13.6 Å². The Morgan fingerprint density at radius 1 is 1.28 bits per heavy atom. The molecule has 3 nitrogen and oxygen atoms in total. The van der Waals surface area contributed by atoms with E-state index < -0.39 is 0 Å². The van der Waals surface area contributed by atoms with Crippen LogP contribution in [0.15, 0.2) is 24.3 Å². The van der Waals surface area contributed by atoms with E-state index >= 15 is 0 Å². The van der Waals surface area contributed by atoms with Crippen LogP contribution < -0.4 is 5.32 Å². The molecule has 0 spiro atoms. The highest BCUT2D eigenvalue weighted by atomic mass is 15.3. The van der Waals surface area contributed by atoms with Crippen molar-refractivity contribution in [2.45, 2.75) is 19.3 Å². The summed E-state index contributed by atoms with van der Waals surface area (Å²) in [5.41, 5.74) is 2.52. The van der Waals surface area contributed by atoms with Gasteiger partial charge >= 0.3 is 0 Å². The Bertz CT molecular complexity index is 544. The molecule has 1 fully saturated rings. The Labute approximate surface area is 108 Å². The van der Waals surface area contributed by atoms with Crippen LogP contribution in [0.25, 0.3) is 10.9 Å². The number of para-hydroxylation sites is 1. The maximum absolute atomic E-state index is 4.70. The van der Waals surface area contributed by atoms with Crippen molar-refractivity contribution in [3.05, 3.63) is 30.0 Å². The zero-order valence-corrected chi connectivity index (χ0v) is 11.2. The number of hydrogen-bond acceptors (Lipinski definition) is 2. The van der Waals surface area contributed by atoms with Gasteiger partial charge in [-0.3, -0.25) is 4.68 Å². The van der Waals surface area contributed by atoms with E-state index in [1.54, 1.807) is 0 Å². The van der Waals surface area contributed by atoms with Gasteiger partial charge in [0.1, 0.15) is 0 Å². The number of aryl methyl sites for hydroxylation is 1. The van der Waals surface area contributed by atoms with Gasteiger partial charge in [-0.2, -0.15) is 5.10 Å². The van der Waals surface area contributed by atoms with E-state index in [-0.39, 0.29) is 0 Å². The van der Waals surface area contributed by atoms with E-state index in [4.69, 9.17) is 5.10 Å². The molecule has 3 rings (SSSR count). The first-order valence-electron chi connectivity index (χ1n) is 6.85. The van der Waals surface area contributed by atoms with Crippen molar-refractivity contribution in [3.8, 4) is 0 Å². The van der Waals surface area contributed by atoms with Crippen LogP contribution in [-0.2, 0) is 13.5 Å². The molecule has 1 saturated carbocycles. The fourth-order valence-corrected chi connectivity index (χ4v) is 3.13. The molecular weight excluding hydrogens is 222 g/mol. The summed E-state index contributed by atoms with van der Waals surface area (Å²) in [5.74, 6) is 1.66. The molecule has 0 radical (unpaired) electrons. The van der Waals surface area contributed by atoms with Crippen molar-refractivity contribution < 1.29 is 0 Å². The van der Waals surface area contributed by atoms with E-state index in [0.29, 0.717) is 0 Å². The predicted octanol–water partition coefficient (Wildman–Crippen LogP) is 2.36. The topological polar surface area (TPSA) is 29.9 Å². The molecule has 1 aliphatic rings. The summed E-state index contributed by atoms with van der Waals surface area (Å²) in [6, 6.07) is 8.54. The first-order valence-corrected chi connectivity index (χ1v) is 6.85. The van der Waals surface area contributed by atoms with Crippen LogP contribution in [0.3, 0.4) is 0 Å². The molecule has 2 aromatic rings. The highest BCUT2D eigenvalue weighted by Crippen LogP contribution is 2.37. The number of nitrogens with one attached hydrogen (secondary N) is 1. The Morgan fingerprint density at radius 2 is 2.06 bits per heavy atom. The summed E-state index contributed by atoms with van der Waals surface area (Å²) >= 11 is 0. The second-order valence-corrected chi connectivity index (χ2v) is 5.45. The van der Waals surface area contributed by atoms with Crippen molar-refractivity contribution in [3.63, 3.8) is 0 Å². The maximum Gasteiger partial charge on any atom is 0.0706 e. The second-order valence-electron chi connectivity index (χ2n) is 5.45. The average Bonchev–Trinajstić information content (AvgIpc) is 2.69. The summed E-state index contributed by atoms with van der Waals surface area (Å²) in [4.78, 5) is 0. The number of rotatable bonds is 4. The molecule has 0 bridgehead atoms. The van der Waals surface area contributed by atoms with Gasteiger partial charge in [-0.15, -0.1) is 0 Å². The number of fused-ring (bicyclic) bond motifs is 1. The van der Waals surface area contributed by atoms with Gasteiger partial charge in [0.05, 0.1) is 11.2 Å². The largest absolute Gasteiger partial charge is 0.319 e. The van der Waals surface area contributed by atoms with E-state index in [1.807, 2.05) is 18.8 Å². The van der Waals surface area contributed by atoms with Crippen LogP contribution in [0.1, 0.15) is 18.5 Å². The molecule has 0 saturated heterocycles. The molecule has 18 heavy (non-hydrogen) atoms. The minimum absolute atomic E-state index is 0.816. The second kappa shape index (κ2) is 4.73. The molecule has 2 unspecified atom stereocenters. The van der Waals surface area contributed by atoms with Crippen molar-refractivity contribution in [1.29, 1.82) is 0 Å². The Hall–Kier alpha value is -1.35. The standard InChI is InChI=1S/C15H21N3/c1-16-10-12-8-7-11(12)9-14-13-5-3-4-6-15(13)18(2)17-14/h3-6,11-12,16H,7-10H2,1-2H3. The fourth-order valence-electron chi connectivity index (χ4n) is 3.13. The molecule has 1 aromatic heterocycles. The minimum atomic E-state index is 0.816. The van der Waals surface area contributed by atoms with Gasteiger partial charge in [0.15, 0.2) is 0 Å². The highest BCUT2D eigenvalue weighted by molar-refractivity contribution is 5.81. The maximum atomic E-state index is 4.70. The van der Waals surface area contributed by atoms with Crippen molar-refractivity contribution >= 4 is 10.9 Å². The molecule has 1 aromatic carbocycles. The van der Waals surface area contributed by atoms with Crippen molar-refractivity contribution in [2.24, 2.45) is 18.9 Å². The van der Waals surface area contributed by atoms with Gasteiger partial charge in [0, 0.05) is 12.4 Å². The lowest BCUT2D eigenvalue weighted by Gasteiger charge is -2.36. The molecule has 1 N–H and O–H groups in total. The molecule has 96 valence electrons. The molecule has 2 atom stereocenters. The fraction of sp³-hybridized carbons (Fsp3) is 0.533.